The zero-order valence-corrected chi connectivity index (χ0v) is 48.6. The molecule has 5 aliphatic carbocycles. The van der Waals surface area contributed by atoms with E-state index < -0.39 is 5.41 Å². The molecule has 0 amide bonds. The first-order valence-electron chi connectivity index (χ1n) is 31.7. The molecule has 13 rings (SSSR count). The third kappa shape index (κ3) is 10.6. The fourth-order valence-electron chi connectivity index (χ4n) is 16.2. The number of nitrogens with zero attached hydrogens (tertiary/aromatic N) is 1. The van der Waals surface area contributed by atoms with E-state index in [9.17, 15) is 0 Å². The van der Waals surface area contributed by atoms with Gasteiger partial charge in [-0.25, -0.2) is 0 Å². The highest BCUT2D eigenvalue weighted by Crippen LogP contribution is 2.65. The molecule has 0 saturated heterocycles. The van der Waals surface area contributed by atoms with Crippen molar-refractivity contribution in [2.45, 2.75) is 174 Å². The average Bonchev–Trinajstić information content (AvgIpc) is 3.97. The topological polar surface area (TPSA) is 21.7 Å². The first kappa shape index (κ1) is 53.6. The number of hydrogen-bond donors (Lipinski definition) is 0. The fourth-order valence-corrected chi connectivity index (χ4v) is 16.2. The van der Waals surface area contributed by atoms with Crippen LogP contribution in [-0.2, 0) is 11.8 Å². The van der Waals surface area contributed by atoms with Gasteiger partial charge in [-0.3, -0.25) is 0 Å². The number of aryl methyl sites for hydroxylation is 3. The predicted molar refractivity (Wildman–Crippen MR) is 332 cm³/mol. The lowest BCUT2D eigenvalue weighted by molar-refractivity contribution is -0.0429. The molecule has 6 aliphatic rings. The number of fused-ring (bicyclic) bond motifs is 5. The molecule has 0 spiro atoms. The lowest BCUT2D eigenvalue weighted by Crippen LogP contribution is -2.48. The van der Waals surface area contributed by atoms with Crippen LogP contribution in [-0.4, -0.2) is 13.2 Å². The summed E-state index contributed by atoms with van der Waals surface area (Å²) in [5, 5.41) is 0. The maximum atomic E-state index is 6.49. The monoisotopic (exact) mass is 1050 g/mol. The van der Waals surface area contributed by atoms with Crippen LogP contribution in [0, 0.1) is 43.4 Å². The Bertz CT molecular complexity index is 3090. The molecule has 1 unspecified atom stereocenters. The van der Waals surface area contributed by atoms with Crippen LogP contribution in [0.1, 0.15) is 199 Å². The molecule has 7 aromatic carbocycles. The Balaban J connectivity index is 0.969. The van der Waals surface area contributed by atoms with E-state index in [-0.39, 0.29) is 0 Å². The van der Waals surface area contributed by atoms with Gasteiger partial charge in [-0.2, -0.15) is 0 Å². The van der Waals surface area contributed by atoms with Crippen molar-refractivity contribution in [2.24, 2.45) is 29.6 Å². The number of unbranched alkanes of at least 4 members (excludes halogenated alkanes) is 11. The van der Waals surface area contributed by atoms with Crippen molar-refractivity contribution >= 4 is 17.1 Å². The normalized spacial score (nSPS) is 20.9. The summed E-state index contributed by atoms with van der Waals surface area (Å²) < 4.78 is 13.0. The number of ether oxygens (including phenoxy) is 2. The highest BCUT2D eigenvalue weighted by molar-refractivity contribution is 5.90. The summed E-state index contributed by atoms with van der Waals surface area (Å²) in [5.41, 5.74) is 21.0. The van der Waals surface area contributed by atoms with Crippen LogP contribution in [0.2, 0.25) is 0 Å². The van der Waals surface area contributed by atoms with Crippen LogP contribution in [0.15, 0.2) is 146 Å². The molecular formula is C76H89NO2. The van der Waals surface area contributed by atoms with Crippen molar-refractivity contribution < 1.29 is 9.47 Å². The summed E-state index contributed by atoms with van der Waals surface area (Å²) in [4.78, 5) is 2.62. The molecule has 4 fully saturated rings. The molecule has 79 heavy (non-hydrogen) atoms. The van der Waals surface area contributed by atoms with Gasteiger partial charge in [0.25, 0.3) is 0 Å². The van der Waals surface area contributed by atoms with Gasteiger partial charge >= 0.3 is 0 Å². The zero-order valence-electron chi connectivity index (χ0n) is 48.6. The molecule has 0 aromatic heterocycles. The summed E-state index contributed by atoms with van der Waals surface area (Å²) in [6, 6.07) is 57.7. The van der Waals surface area contributed by atoms with Gasteiger partial charge in [-0.15, -0.1) is 0 Å². The Morgan fingerprint density at radius 1 is 0.443 bits per heavy atom. The van der Waals surface area contributed by atoms with Gasteiger partial charge < -0.3 is 14.4 Å². The van der Waals surface area contributed by atoms with Crippen molar-refractivity contribution in [3.8, 4) is 33.8 Å². The Kier molecular flexibility index (Phi) is 16.2. The van der Waals surface area contributed by atoms with Crippen molar-refractivity contribution in [2.75, 3.05) is 18.1 Å². The third-order valence-corrected chi connectivity index (χ3v) is 19.8. The van der Waals surface area contributed by atoms with Crippen molar-refractivity contribution in [1.82, 2.24) is 0 Å². The molecule has 0 N–H and O–H groups in total. The van der Waals surface area contributed by atoms with E-state index in [4.69, 9.17) is 9.47 Å². The summed E-state index contributed by atoms with van der Waals surface area (Å²) in [6.07, 6.45) is 25.7. The zero-order chi connectivity index (χ0) is 53.9. The molecule has 1 atom stereocenters. The van der Waals surface area contributed by atoms with Crippen LogP contribution in [0.3, 0.4) is 0 Å². The number of anilines is 3. The summed E-state index contributed by atoms with van der Waals surface area (Å²) in [6.45, 7) is 13.0. The minimum absolute atomic E-state index is 0.351. The van der Waals surface area contributed by atoms with E-state index in [1.165, 1.54) is 199 Å². The van der Waals surface area contributed by atoms with Crippen molar-refractivity contribution in [3.05, 3.63) is 196 Å². The quantitative estimate of drug-likeness (QED) is 0.0563. The minimum Gasteiger partial charge on any atom is -0.494 e. The van der Waals surface area contributed by atoms with Gasteiger partial charge in [0, 0.05) is 17.3 Å². The summed E-state index contributed by atoms with van der Waals surface area (Å²) in [5.74, 6) is 6.33. The second-order valence-electron chi connectivity index (χ2n) is 25.3. The molecule has 1 aliphatic heterocycles. The second-order valence-corrected chi connectivity index (χ2v) is 25.3. The van der Waals surface area contributed by atoms with Gasteiger partial charge in [-0.1, -0.05) is 187 Å². The lowest BCUT2D eigenvalue weighted by atomic mass is 9.48. The van der Waals surface area contributed by atoms with Gasteiger partial charge in [0.1, 0.15) is 11.5 Å². The smallest absolute Gasteiger partial charge is 0.119 e. The number of hydrogen-bond acceptors (Lipinski definition) is 3. The lowest BCUT2D eigenvalue weighted by Gasteiger charge is -2.57. The largest absolute Gasteiger partial charge is 0.494 e. The molecule has 1 heterocycles. The molecule has 410 valence electrons. The molecule has 3 nitrogen and oxygen atoms in total. The highest BCUT2D eigenvalue weighted by Gasteiger charge is 2.53. The average molecular weight is 1050 g/mol. The molecule has 4 bridgehead atoms. The van der Waals surface area contributed by atoms with Crippen LogP contribution in [0.25, 0.3) is 22.3 Å². The molecular weight excluding hydrogens is 959 g/mol. The first-order valence-corrected chi connectivity index (χ1v) is 31.7. The maximum absolute atomic E-state index is 6.49. The molecule has 3 heteroatoms. The van der Waals surface area contributed by atoms with E-state index in [0.29, 0.717) is 11.8 Å². The van der Waals surface area contributed by atoms with E-state index in [1.807, 2.05) is 0 Å². The molecule has 0 radical (unpaired) electrons. The van der Waals surface area contributed by atoms with Gasteiger partial charge in [0.15, 0.2) is 0 Å². The van der Waals surface area contributed by atoms with E-state index >= 15 is 0 Å². The second kappa shape index (κ2) is 24.0. The van der Waals surface area contributed by atoms with Gasteiger partial charge in [0.2, 0.25) is 0 Å². The fraction of sp³-hybridized carbons (Fsp3) is 0.447. The maximum Gasteiger partial charge on any atom is 0.119 e. The molecule has 7 aromatic rings. The van der Waals surface area contributed by atoms with Crippen molar-refractivity contribution in [3.63, 3.8) is 0 Å². The van der Waals surface area contributed by atoms with Crippen LogP contribution >= 0.6 is 0 Å². The Morgan fingerprint density at radius 2 is 0.924 bits per heavy atom. The van der Waals surface area contributed by atoms with Gasteiger partial charge in [0.05, 0.1) is 24.3 Å². The van der Waals surface area contributed by atoms with E-state index in [2.05, 4.69) is 185 Å². The highest BCUT2D eigenvalue weighted by atomic mass is 16.5. The first-order chi connectivity index (χ1) is 38.8. The van der Waals surface area contributed by atoms with Crippen LogP contribution in [0.4, 0.5) is 17.1 Å². The molecule has 4 saturated carbocycles. The number of rotatable bonds is 24. The van der Waals surface area contributed by atoms with E-state index in [0.717, 1.165) is 67.6 Å². The summed E-state index contributed by atoms with van der Waals surface area (Å²) >= 11 is 0. The Labute approximate surface area is 475 Å². The van der Waals surface area contributed by atoms with E-state index in [1.54, 1.807) is 0 Å². The summed E-state index contributed by atoms with van der Waals surface area (Å²) in [7, 11) is 0. The third-order valence-electron chi connectivity index (χ3n) is 19.8. The van der Waals surface area contributed by atoms with Crippen molar-refractivity contribution in [1.29, 1.82) is 0 Å². The van der Waals surface area contributed by atoms with Crippen LogP contribution in [0.5, 0.6) is 11.5 Å². The van der Waals surface area contributed by atoms with Gasteiger partial charge in [-0.05, 0) is 223 Å². The SMILES string of the molecule is CCCCCCCCOc1ccc(C2(c3ccc(OCCCCCCCC)cc3)c3cc(C)ccc3-c3ccc(-c4ccc5c(c4)C(C4C6CC7CC(C6)CC4C7)c4cc(C)ccc4N5c4ccc(CCCC)cc4)cc32)cc1. The predicted octanol–water partition coefficient (Wildman–Crippen LogP) is 21.1. The Hall–Kier alpha value is -6.06. The Morgan fingerprint density at radius 3 is 1.52 bits per heavy atom. The minimum atomic E-state index is -0.573. The van der Waals surface area contributed by atoms with Crippen LogP contribution < -0.4 is 14.4 Å². The number of benzene rings is 7. The standard InChI is InChI=1S/C76H89NO2/c1-6-9-12-14-16-18-41-78-64-33-27-61(28-34-64)76(62-29-35-65(36-30-62)79-42-19-17-15-13-10-7-2)70-44-53(5)21-37-66(70)67-38-25-58(51-71(67)76)57-26-40-73-69(50-57)75(74-59-46-55-45-56(48-59)49-60(74)47-55)68-43-52(4)22-39-72(68)77(73)63-31-23-54(24-32-63)20-11-8-3/h21-40,43-44,50-51,55-56,59-60,74-75H,6-20,41-42,45-49H2,1-5H3.